The summed E-state index contributed by atoms with van der Waals surface area (Å²) in [6, 6.07) is 0. The van der Waals surface area contributed by atoms with Crippen LogP contribution in [0.5, 0.6) is 0 Å². The summed E-state index contributed by atoms with van der Waals surface area (Å²) in [5.41, 5.74) is 0. The second-order valence-electron chi connectivity index (χ2n) is 4.73. The number of rotatable bonds is 5. The minimum Gasteiger partial charge on any atom is -0.454 e. The molecule has 0 radical (unpaired) electrons. The van der Waals surface area contributed by atoms with E-state index in [-0.39, 0.29) is 31.4 Å². The van der Waals surface area contributed by atoms with Gasteiger partial charge in [0.25, 0.3) is 0 Å². The predicted molar refractivity (Wildman–Crippen MR) is 67.1 cm³/mol. The van der Waals surface area contributed by atoms with Gasteiger partial charge in [0.05, 0.1) is 18.4 Å². The molecular weight excluding hydrogens is 264 g/mol. The summed E-state index contributed by atoms with van der Waals surface area (Å²) in [5, 5.41) is 0. The highest BCUT2D eigenvalue weighted by Crippen LogP contribution is 2.29. The lowest BCUT2D eigenvalue weighted by Gasteiger charge is -2.22. The van der Waals surface area contributed by atoms with Gasteiger partial charge in [-0.15, -0.1) is 0 Å². The Balaban J connectivity index is 1.51. The SMILES string of the molecule is O=C(C#COC(=O)C1CC1)OCCOC1CCCCO1. The number of hydrogen-bond donors (Lipinski definition) is 0. The van der Waals surface area contributed by atoms with E-state index < -0.39 is 5.97 Å². The summed E-state index contributed by atoms with van der Waals surface area (Å²) in [4.78, 5) is 22.3. The molecular formula is C14H18O6. The van der Waals surface area contributed by atoms with Crippen LogP contribution in [0.15, 0.2) is 0 Å². The maximum Gasteiger partial charge on any atom is 0.387 e. The molecule has 2 fully saturated rings. The lowest BCUT2D eigenvalue weighted by Crippen LogP contribution is -2.24. The molecule has 0 bridgehead atoms. The van der Waals surface area contributed by atoms with E-state index >= 15 is 0 Å². The first-order valence-electron chi connectivity index (χ1n) is 6.87. The number of carbonyl (C=O) groups excluding carboxylic acids is 2. The van der Waals surface area contributed by atoms with Crippen LogP contribution in [0.3, 0.4) is 0 Å². The highest BCUT2D eigenvalue weighted by atomic mass is 16.7. The molecule has 0 spiro atoms. The quantitative estimate of drug-likeness (QED) is 0.425. The van der Waals surface area contributed by atoms with E-state index in [2.05, 4.69) is 16.8 Å². The summed E-state index contributed by atoms with van der Waals surface area (Å²) in [7, 11) is 0. The van der Waals surface area contributed by atoms with Crippen molar-refractivity contribution in [3.8, 4) is 12.0 Å². The third-order valence-electron chi connectivity index (χ3n) is 2.97. The second-order valence-corrected chi connectivity index (χ2v) is 4.73. The average molecular weight is 282 g/mol. The molecule has 0 aromatic rings. The van der Waals surface area contributed by atoms with Crippen molar-refractivity contribution in [2.24, 2.45) is 5.92 Å². The van der Waals surface area contributed by atoms with Gasteiger partial charge in [-0.2, -0.15) is 0 Å². The normalized spacial score (nSPS) is 21.5. The molecule has 110 valence electrons. The van der Waals surface area contributed by atoms with Crippen LogP contribution >= 0.6 is 0 Å². The van der Waals surface area contributed by atoms with Gasteiger partial charge in [0.2, 0.25) is 0 Å². The Morgan fingerprint density at radius 2 is 2.00 bits per heavy atom. The third kappa shape index (κ3) is 5.59. The first-order valence-corrected chi connectivity index (χ1v) is 6.87. The minimum atomic E-state index is -0.734. The molecule has 20 heavy (non-hydrogen) atoms. The molecule has 0 aromatic carbocycles. The fourth-order valence-electron chi connectivity index (χ4n) is 1.71. The topological polar surface area (TPSA) is 71.1 Å². The van der Waals surface area contributed by atoms with E-state index in [1.807, 2.05) is 0 Å². The lowest BCUT2D eigenvalue weighted by molar-refractivity contribution is -0.172. The average Bonchev–Trinajstić information content (AvgIpc) is 3.29. The Kier molecular flexibility index (Phi) is 5.84. The predicted octanol–water partition coefficient (Wildman–Crippen LogP) is 0.987. The second kappa shape index (κ2) is 7.88. The van der Waals surface area contributed by atoms with E-state index in [1.165, 1.54) is 0 Å². The van der Waals surface area contributed by atoms with Crippen LogP contribution in [0.4, 0.5) is 0 Å². The van der Waals surface area contributed by atoms with Crippen molar-refractivity contribution in [3.63, 3.8) is 0 Å². The Morgan fingerprint density at radius 1 is 1.15 bits per heavy atom. The minimum absolute atomic E-state index is 0.0378. The van der Waals surface area contributed by atoms with Crippen LogP contribution in [0.25, 0.3) is 0 Å². The summed E-state index contributed by atoms with van der Waals surface area (Å²) in [5.74, 6) is 0.949. The van der Waals surface area contributed by atoms with Gasteiger partial charge in [-0.3, -0.25) is 4.79 Å². The van der Waals surface area contributed by atoms with Crippen LogP contribution < -0.4 is 0 Å². The molecule has 0 amide bonds. The fourth-order valence-corrected chi connectivity index (χ4v) is 1.71. The van der Waals surface area contributed by atoms with Crippen molar-refractivity contribution in [1.29, 1.82) is 0 Å². The number of ether oxygens (including phenoxy) is 4. The van der Waals surface area contributed by atoms with Crippen LogP contribution in [-0.2, 0) is 28.5 Å². The summed E-state index contributed by atoms with van der Waals surface area (Å²) in [6.45, 7) is 1.08. The van der Waals surface area contributed by atoms with Crippen molar-refractivity contribution < 1.29 is 28.5 Å². The Labute approximate surface area is 117 Å². The van der Waals surface area contributed by atoms with Gasteiger partial charge >= 0.3 is 11.9 Å². The van der Waals surface area contributed by atoms with Crippen molar-refractivity contribution in [2.75, 3.05) is 19.8 Å². The summed E-state index contributed by atoms with van der Waals surface area (Å²) >= 11 is 0. The Morgan fingerprint density at radius 3 is 2.70 bits per heavy atom. The Hall–Kier alpha value is -1.58. The monoisotopic (exact) mass is 282 g/mol. The van der Waals surface area contributed by atoms with Gasteiger partial charge in [0, 0.05) is 6.61 Å². The van der Waals surface area contributed by atoms with E-state index in [9.17, 15) is 9.59 Å². The van der Waals surface area contributed by atoms with Crippen molar-refractivity contribution in [3.05, 3.63) is 0 Å². The number of carbonyl (C=O) groups is 2. The summed E-state index contributed by atoms with van der Waals surface area (Å²) in [6.07, 6.45) is 6.54. The highest BCUT2D eigenvalue weighted by Gasteiger charge is 2.31. The molecule has 1 saturated heterocycles. The molecule has 1 atom stereocenters. The van der Waals surface area contributed by atoms with E-state index in [4.69, 9.17) is 14.2 Å². The molecule has 0 aromatic heterocycles. The molecule has 1 unspecified atom stereocenters. The third-order valence-corrected chi connectivity index (χ3v) is 2.97. The Bertz CT molecular complexity index is 398. The maximum absolute atomic E-state index is 11.2. The molecule has 2 rings (SSSR count). The zero-order chi connectivity index (χ0) is 14.2. The van der Waals surface area contributed by atoms with Gasteiger partial charge in [-0.1, -0.05) is 0 Å². The van der Waals surface area contributed by atoms with Gasteiger partial charge in [0.15, 0.2) is 6.29 Å². The molecule has 1 heterocycles. The standard InChI is InChI=1S/C14H18O6/c15-12(6-8-20-14(16)11-4-5-11)17-9-10-19-13-3-1-2-7-18-13/h11,13H,1-5,7,9-10H2. The van der Waals surface area contributed by atoms with Crippen molar-refractivity contribution >= 4 is 11.9 Å². The van der Waals surface area contributed by atoms with Crippen molar-refractivity contribution in [1.82, 2.24) is 0 Å². The zero-order valence-corrected chi connectivity index (χ0v) is 11.3. The van der Waals surface area contributed by atoms with Gasteiger partial charge in [-0.25, -0.2) is 4.79 Å². The smallest absolute Gasteiger partial charge is 0.387 e. The van der Waals surface area contributed by atoms with Crippen molar-refractivity contribution in [2.45, 2.75) is 38.4 Å². The molecule has 6 nitrogen and oxygen atoms in total. The zero-order valence-electron chi connectivity index (χ0n) is 11.3. The van der Waals surface area contributed by atoms with E-state index in [1.54, 1.807) is 0 Å². The molecule has 6 heteroatoms. The number of esters is 2. The molecule has 0 N–H and O–H groups in total. The molecule has 1 saturated carbocycles. The highest BCUT2D eigenvalue weighted by molar-refractivity contribution is 5.88. The number of hydrogen-bond acceptors (Lipinski definition) is 6. The molecule has 1 aliphatic heterocycles. The van der Waals surface area contributed by atoms with Gasteiger partial charge < -0.3 is 18.9 Å². The van der Waals surface area contributed by atoms with E-state index in [0.717, 1.165) is 32.1 Å². The van der Waals surface area contributed by atoms with Crippen LogP contribution in [-0.4, -0.2) is 38.0 Å². The summed E-state index contributed by atoms with van der Waals surface area (Å²) < 4.78 is 20.1. The van der Waals surface area contributed by atoms with Crippen LogP contribution in [0, 0.1) is 17.9 Å². The first kappa shape index (κ1) is 14.8. The van der Waals surface area contributed by atoms with Gasteiger partial charge in [-0.05, 0) is 32.1 Å². The van der Waals surface area contributed by atoms with Crippen LogP contribution in [0.2, 0.25) is 0 Å². The molecule has 1 aliphatic carbocycles. The van der Waals surface area contributed by atoms with E-state index in [0.29, 0.717) is 6.61 Å². The van der Waals surface area contributed by atoms with Gasteiger partial charge in [0.1, 0.15) is 12.7 Å². The molecule has 2 aliphatic rings. The fraction of sp³-hybridized carbons (Fsp3) is 0.714. The van der Waals surface area contributed by atoms with Crippen LogP contribution in [0.1, 0.15) is 32.1 Å². The largest absolute Gasteiger partial charge is 0.454 e. The lowest BCUT2D eigenvalue weighted by atomic mass is 10.2. The maximum atomic E-state index is 11.2. The first-order chi connectivity index (χ1) is 9.75.